The fraction of sp³-hybridized carbons (Fsp3) is 0.235. The molecule has 1 atom stereocenters. The van der Waals surface area contributed by atoms with Gasteiger partial charge >= 0.3 is 0 Å². The number of rotatable bonds is 6. The average molecular weight is 322 g/mol. The third kappa shape index (κ3) is 4.46. The van der Waals surface area contributed by atoms with Gasteiger partial charge in [0.25, 0.3) is 5.91 Å². The van der Waals surface area contributed by atoms with Crippen molar-refractivity contribution in [3.05, 3.63) is 64.9 Å². The van der Waals surface area contributed by atoms with Gasteiger partial charge in [-0.1, -0.05) is 42.8 Å². The molecule has 116 valence electrons. The molecule has 0 saturated heterocycles. The van der Waals surface area contributed by atoms with E-state index < -0.39 is 6.10 Å². The number of hydrogen-bond donors (Lipinski definition) is 1. The average Bonchev–Trinajstić information content (AvgIpc) is 2.52. The van der Waals surface area contributed by atoms with E-state index in [1.54, 1.807) is 36.4 Å². The van der Waals surface area contributed by atoms with Gasteiger partial charge in [-0.25, -0.2) is 4.39 Å². The van der Waals surface area contributed by atoms with Gasteiger partial charge < -0.3 is 10.1 Å². The molecule has 2 rings (SSSR count). The number of hydrogen-bond acceptors (Lipinski definition) is 2. The van der Waals surface area contributed by atoms with E-state index in [0.29, 0.717) is 22.8 Å². The highest BCUT2D eigenvalue weighted by molar-refractivity contribution is 6.32. The number of amides is 1. The van der Waals surface area contributed by atoms with E-state index in [9.17, 15) is 9.18 Å². The number of carbonyl (C=O) groups is 1. The lowest BCUT2D eigenvalue weighted by molar-refractivity contribution is -0.128. The second-order valence-corrected chi connectivity index (χ2v) is 5.20. The number of nitrogens with one attached hydrogen (secondary N) is 1. The van der Waals surface area contributed by atoms with Crippen molar-refractivity contribution in [3.63, 3.8) is 0 Å². The summed E-state index contributed by atoms with van der Waals surface area (Å²) in [5.41, 5.74) is 0.695. The van der Waals surface area contributed by atoms with Crippen LogP contribution in [-0.4, -0.2) is 12.0 Å². The summed E-state index contributed by atoms with van der Waals surface area (Å²) in [5, 5.41) is 3.20. The summed E-state index contributed by atoms with van der Waals surface area (Å²) in [7, 11) is 0. The quantitative estimate of drug-likeness (QED) is 0.874. The Labute approximate surface area is 134 Å². The maximum atomic E-state index is 13.1. The Morgan fingerprint density at radius 1 is 1.27 bits per heavy atom. The number of halogens is 2. The van der Waals surface area contributed by atoms with E-state index in [1.807, 2.05) is 6.92 Å². The van der Waals surface area contributed by atoms with Crippen LogP contribution in [-0.2, 0) is 11.3 Å². The number of para-hydroxylation sites is 1. The first-order valence-corrected chi connectivity index (χ1v) is 7.41. The van der Waals surface area contributed by atoms with Gasteiger partial charge in [-0.3, -0.25) is 4.79 Å². The first-order chi connectivity index (χ1) is 10.6. The second kappa shape index (κ2) is 7.80. The summed E-state index contributed by atoms with van der Waals surface area (Å²) < 4.78 is 18.7. The van der Waals surface area contributed by atoms with E-state index in [4.69, 9.17) is 16.3 Å². The fourth-order valence-electron chi connectivity index (χ4n) is 1.97. The Balaban J connectivity index is 1.96. The molecule has 0 aliphatic heterocycles. The van der Waals surface area contributed by atoms with E-state index in [-0.39, 0.29) is 18.3 Å². The Kier molecular flexibility index (Phi) is 5.78. The molecule has 0 radical (unpaired) electrons. The largest absolute Gasteiger partial charge is 0.479 e. The van der Waals surface area contributed by atoms with Crippen molar-refractivity contribution in [1.29, 1.82) is 0 Å². The van der Waals surface area contributed by atoms with E-state index in [2.05, 4.69) is 5.32 Å². The zero-order valence-corrected chi connectivity index (χ0v) is 12.9. The predicted octanol–water partition coefficient (Wildman–Crippen LogP) is 3.95. The van der Waals surface area contributed by atoms with Crippen molar-refractivity contribution in [2.45, 2.75) is 26.0 Å². The molecule has 3 nitrogen and oxygen atoms in total. The van der Waals surface area contributed by atoms with Gasteiger partial charge in [0.05, 0.1) is 5.02 Å². The minimum absolute atomic E-state index is 0.249. The minimum Gasteiger partial charge on any atom is -0.479 e. The number of ether oxygens (including phenoxy) is 1. The molecule has 0 bridgehead atoms. The molecule has 0 heterocycles. The summed E-state index contributed by atoms with van der Waals surface area (Å²) in [4.78, 5) is 12.2. The monoisotopic (exact) mass is 321 g/mol. The minimum atomic E-state index is -0.645. The standard InChI is InChI=1S/C17H17ClFNO2/c1-2-15(22-16-9-4-3-8-14(16)18)17(21)20-11-12-6-5-7-13(19)10-12/h3-10,15H,2,11H2,1H3,(H,20,21). The fourth-order valence-corrected chi connectivity index (χ4v) is 2.15. The van der Waals surface area contributed by atoms with Crippen LogP contribution in [0.15, 0.2) is 48.5 Å². The van der Waals surface area contributed by atoms with Gasteiger partial charge in [0.15, 0.2) is 6.10 Å². The molecule has 0 aromatic heterocycles. The van der Waals surface area contributed by atoms with Gasteiger partial charge in [-0.05, 0) is 36.2 Å². The van der Waals surface area contributed by atoms with Gasteiger partial charge in [0.2, 0.25) is 0 Å². The molecular weight excluding hydrogens is 305 g/mol. The van der Waals surface area contributed by atoms with Crippen molar-refractivity contribution in [2.75, 3.05) is 0 Å². The normalized spacial score (nSPS) is 11.8. The maximum absolute atomic E-state index is 13.1. The van der Waals surface area contributed by atoms with Crippen LogP contribution in [0.4, 0.5) is 4.39 Å². The third-order valence-corrected chi connectivity index (χ3v) is 3.44. The number of carbonyl (C=O) groups excluding carboxylic acids is 1. The smallest absolute Gasteiger partial charge is 0.261 e. The van der Waals surface area contributed by atoms with Crippen molar-refractivity contribution < 1.29 is 13.9 Å². The molecule has 0 aliphatic rings. The third-order valence-electron chi connectivity index (χ3n) is 3.12. The highest BCUT2D eigenvalue weighted by atomic mass is 35.5. The lowest BCUT2D eigenvalue weighted by atomic mass is 10.2. The molecule has 0 spiro atoms. The van der Waals surface area contributed by atoms with Crippen LogP contribution in [0.25, 0.3) is 0 Å². The van der Waals surface area contributed by atoms with Gasteiger partial charge in [-0.2, -0.15) is 0 Å². The Hall–Kier alpha value is -2.07. The van der Waals surface area contributed by atoms with Crippen LogP contribution in [0.3, 0.4) is 0 Å². The SMILES string of the molecule is CCC(Oc1ccccc1Cl)C(=O)NCc1cccc(F)c1. The highest BCUT2D eigenvalue weighted by Gasteiger charge is 2.19. The molecule has 5 heteroatoms. The van der Waals surface area contributed by atoms with Crippen LogP contribution >= 0.6 is 11.6 Å². The van der Waals surface area contributed by atoms with E-state index >= 15 is 0 Å². The molecule has 2 aromatic carbocycles. The lowest BCUT2D eigenvalue weighted by Crippen LogP contribution is -2.37. The Morgan fingerprint density at radius 2 is 2.05 bits per heavy atom. The van der Waals surface area contributed by atoms with Gasteiger partial charge in [0, 0.05) is 6.54 Å². The first kappa shape index (κ1) is 16.3. The van der Waals surface area contributed by atoms with Crippen LogP contribution in [0.1, 0.15) is 18.9 Å². The molecule has 1 unspecified atom stereocenters. The molecule has 0 aliphatic carbocycles. The van der Waals surface area contributed by atoms with Gasteiger partial charge in [-0.15, -0.1) is 0 Å². The van der Waals surface area contributed by atoms with E-state index in [0.717, 1.165) is 0 Å². The van der Waals surface area contributed by atoms with Crippen LogP contribution in [0.5, 0.6) is 5.75 Å². The maximum Gasteiger partial charge on any atom is 0.261 e. The zero-order valence-electron chi connectivity index (χ0n) is 12.2. The van der Waals surface area contributed by atoms with Crippen LogP contribution in [0.2, 0.25) is 5.02 Å². The first-order valence-electron chi connectivity index (χ1n) is 7.03. The zero-order chi connectivity index (χ0) is 15.9. The highest BCUT2D eigenvalue weighted by Crippen LogP contribution is 2.24. The Morgan fingerprint density at radius 3 is 2.73 bits per heavy atom. The molecule has 1 N–H and O–H groups in total. The Bertz CT molecular complexity index is 648. The summed E-state index contributed by atoms with van der Waals surface area (Å²) in [6.07, 6.45) is -0.145. The molecule has 22 heavy (non-hydrogen) atoms. The van der Waals surface area contributed by atoms with Crippen molar-refractivity contribution in [1.82, 2.24) is 5.32 Å². The number of benzene rings is 2. The van der Waals surface area contributed by atoms with Crippen molar-refractivity contribution in [3.8, 4) is 5.75 Å². The molecule has 0 fully saturated rings. The molecular formula is C17H17ClFNO2. The summed E-state index contributed by atoms with van der Waals surface area (Å²) in [5.74, 6) is -0.116. The topological polar surface area (TPSA) is 38.3 Å². The van der Waals surface area contributed by atoms with Crippen LogP contribution < -0.4 is 10.1 Å². The molecule has 1 amide bonds. The van der Waals surface area contributed by atoms with E-state index in [1.165, 1.54) is 12.1 Å². The lowest BCUT2D eigenvalue weighted by Gasteiger charge is -2.18. The van der Waals surface area contributed by atoms with Crippen LogP contribution in [0, 0.1) is 5.82 Å². The summed E-state index contributed by atoms with van der Waals surface area (Å²) >= 11 is 6.02. The van der Waals surface area contributed by atoms with Gasteiger partial charge in [0.1, 0.15) is 11.6 Å². The predicted molar refractivity (Wildman–Crippen MR) is 84.4 cm³/mol. The summed E-state index contributed by atoms with van der Waals surface area (Å²) in [6.45, 7) is 2.10. The van der Waals surface area contributed by atoms with Crippen molar-refractivity contribution in [2.24, 2.45) is 0 Å². The molecule has 2 aromatic rings. The second-order valence-electron chi connectivity index (χ2n) is 4.79. The molecule has 0 saturated carbocycles. The summed E-state index contributed by atoms with van der Waals surface area (Å²) in [6, 6.07) is 13.1. The van der Waals surface area contributed by atoms with Crippen molar-refractivity contribution >= 4 is 17.5 Å².